The molecule has 8 heteroatoms. The van der Waals surface area contributed by atoms with Crippen LogP contribution in [-0.4, -0.2) is 56.9 Å². The van der Waals surface area contributed by atoms with Crippen LogP contribution in [0.4, 0.5) is 21.5 Å². The molecule has 3 rings (SSSR count). The normalized spacial score (nSPS) is 14.1. The van der Waals surface area contributed by atoms with E-state index >= 15 is 0 Å². The maximum absolute atomic E-state index is 14.0. The van der Waals surface area contributed by atoms with E-state index in [2.05, 4.69) is 5.32 Å². The number of hydrogen-bond acceptors (Lipinski definition) is 5. The molecular formula is C20H22FN3O4. The number of anilines is 3. The van der Waals surface area contributed by atoms with Gasteiger partial charge in [-0.05, 0) is 30.3 Å². The lowest BCUT2D eigenvalue weighted by atomic mass is 10.1. The molecule has 1 aliphatic rings. The van der Waals surface area contributed by atoms with Gasteiger partial charge in [0.1, 0.15) is 12.4 Å². The van der Waals surface area contributed by atoms with E-state index in [0.717, 1.165) is 5.69 Å². The van der Waals surface area contributed by atoms with Gasteiger partial charge in [0.25, 0.3) is 0 Å². The Labute approximate surface area is 162 Å². The Hall–Kier alpha value is -3.13. The summed E-state index contributed by atoms with van der Waals surface area (Å²) in [5.74, 6) is -1.80. The molecule has 1 fully saturated rings. The molecule has 0 aromatic heterocycles. The van der Waals surface area contributed by atoms with E-state index < -0.39 is 11.9 Å². The molecule has 1 aliphatic heterocycles. The summed E-state index contributed by atoms with van der Waals surface area (Å²) in [6, 6.07) is 11.6. The van der Waals surface area contributed by atoms with Gasteiger partial charge in [-0.25, -0.2) is 9.18 Å². The number of benzene rings is 2. The number of hydrogen-bond donors (Lipinski definition) is 2. The van der Waals surface area contributed by atoms with Crippen LogP contribution in [0.2, 0.25) is 0 Å². The first kappa shape index (κ1) is 19.6. The van der Waals surface area contributed by atoms with Crippen LogP contribution in [-0.2, 0) is 9.53 Å². The van der Waals surface area contributed by atoms with Gasteiger partial charge in [0.15, 0.2) is 0 Å². The highest BCUT2D eigenvalue weighted by atomic mass is 19.1. The zero-order chi connectivity index (χ0) is 20.1. The molecule has 1 amide bonds. The molecule has 0 saturated carbocycles. The van der Waals surface area contributed by atoms with E-state index in [1.54, 1.807) is 36.4 Å². The number of halogens is 1. The Balaban J connectivity index is 1.72. The molecule has 1 saturated heterocycles. The van der Waals surface area contributed by atoms with Crippen LogP contribution in [0.25, 0.3) is 0 Å². The topological polar surface area (TPSA) is 82.1 Å². The van der Waals surface area contributed by atoms with Crippen molar-refractivity contribution < 1.29 is 23.8 Å². The Kier molecular flexibility index (Phi) is 6.10. The van der Waals surface area contributed by atoms with Gasteiger partial charge in [-0.2, -0.15) is 0 Å². The smallest absolute Gasteiger partial charge is 0.337 e. The summed E-state index contributed by atoms with van der Waals surface area (Å²) in [4.78, 5) is 27.3. The average Bonchev–Trinajstić information content (AvgIpc) is 2.69. The van der Waals surface area contributed by atoms with Crippen LogP contribution >= 0.6 is 0 Å². The highest BCUT2D eigenvalue weighted by Gasteiger charge is 2.21. The van der Waals surface area contributed by atoms with Crippen molar-refractivity contribution in [3.05, 3.63) is 53.8 Å². The number of carbonyl (C=O) groups excluding carboxylic acids is 1. The van der Waals surface area contributed by atoms with E-state index in [-0.39, 0.29) is 23.7 Å². The molecule has 2 aromatic carbocycles. The van der Waals surface area contributed by atoms with Crippen molar-refractivity contribution in [2.75, 3.05) is 55.0 Å². The Bertz CT molecular complexity index is 866. The van der Waals surface area contributed by atoms with E-state index in [1.165, 1.54) is 13.2 Å². The number of ether oxygens (including phenoxy) is 1. The van der Waals surface area contributed by atoms with Gasteiger partial charge in [-0.1, -0.05) is 12.1 Å². The predicted octanol–water partition coefficient (Wildman–Crippen LogP) is 2.44. The number of nitrogens with zero attached hydrogens (tertiary/aromatic N) is 2. The fraction of sp³-hybridized carbons (Fsp3) is 0.300. The highest BCUT2D eigenvalue weighted by molar-refractivity contribution is 6.01. The van der Waals surface area contributed by atoms with Crippen molar-refractivity contribution in [1.82, 2.24) is 0 Å². The standard InChI is InChI=1S/C20H22FN3O4/c1-28-13-19(25)22-17-7-6-14(12-15(17)20(26)27)23-8-10-24(11-9-23)18-5-3-2-4-16(18)21/h2-7,12H,8-11,13H2,1H3,(H,22,25)(H,26,27). The van der Waals surface area contributed by atoms with Crippen LogP contribution < -0.4 is 15.1 Å². The molecule has 0 unspecified atom stereocenters. The number of nitrogens with one attached hydrogen (secondary N) is 1. The number of piperazine rings is 1. The largest absolute Gasteiger partial charge is 0.478 e. The second-order valence-corrected chi connectivity index (χ2v) is 6.44. The number of carbonyl (C=O) groups is 2. The zero-order valence-electron chi connectivity index (χ0n) is 15.5. The number of rotatable bonds is 6. The van der Waals surface area contributed by atoms with Gasteiger partial charge in [0.2, 0.25) is 5.91 Å². The third kappa shape index (κ3) is 4.40. The Morgan fingerprint density at radius 2 is 1.79 bits per heavy atom. The third-order valence-electron chi connectivity index (χ3n) is 4.62. The van der Waals surface area contributed by atoms with Gasteiger partial charge >= 0.3 is 5.97 Å². The maximum atomic E-state index is 14.0. The second-order valence-electron chi connectivity index (χ2n) is 6.44. The number of aromatic carboxylic acids is 1. The summed E-state index contributed by atoms with van der Waals surface area (Å²) in [6.07, 6.45) is 0. The zero-order valence-corrected chi connectivity index (χ0v) is 15.5. The molecule has 148 valence electrons. The van der Waals surface area contributed by atoms with Crippen molar-refractivity contribution in [2.45, 2.75) is 0 Å². The molecule has 2 N–H and O–H groups in total. The number of amides is 1. The van der Waals surface area contributed by atoms with Crippen LogP contribution in [0.15, 0.2) is 42.5 Å². The van der Waals surface area contributed by atoms with E-state index in [9.17, 15) is 19.1 Å². The van der Waals surface area contributed by atoms with Crippen molar-refractivity contribution in [3.63, 3.8) is 0 Å². The molecule has 0 atom stereocenters. The first-order valence-electron chi connectivity index (χ1n) is 8.90. The van der Waals surface area contributed by atoms with Crippen LogP contribution in [0.3, 0.4) is 0 Å². The fourth-order valence-corrected chi connectivity index (χ4v) is 3.25. The minimum Gasteiger partial charge on any atom is -0.478 e. The summed E-state index contributed by atoms with van der Waals surface area (Å²) in [6.45, 7) is 2.34. The molecule has 0 spiro atoms. The van der Waals surface area contributed by atoms with Crippen LogP contribution in [0.1, 0.15) is 10.4 Å². The van der Waals surface area contributed by atoms with Crippen LogP contribution in [0.5, 0.6) is 0 Å². The van der Waals surface area contributed by atoms with Gasteiger partial charge in [0, 0.05) is 39.0 Å². The predicted molar refractivity (Wildman–Crippen MR) is 105 cm³/mol. The summed E-state index contributed by atoms with van der Waals surface area (Å²) in [7, 11) is 1.39. The molecule has 1 heterocycles. The second kappa shape index (κ2) is 8.71. The molecule has 28 heavy (non-hydrogen) atoms. The first-order valence-corrected chi connectivity index (χ1v) is 8.90. The fourth-order valence-electron chi connectivity index (χ4n) is 3.25. The quantitative estimate of drug-likeness (QED) is 0.792. The molecule has 2 aromatic rings. The van der Waals surface area contributed by atoms with Gasteiger partial charge in [-0.3, -0.25) is 4.79 Å². The lowest BCUT2D eigenvalue weighted by Gasteiger charge is -2.37. The lowest BCUT2D eigenvalue weighted by Crippen LogP contribution is -2.46. The summed E-state index contributed by atoms with van der Waals surface area (Å²) >= 11 is 0. The molecular weight excluding hydrogens is 365 g/mol. The van der Waals surface area contributed by atoms with E-state index in [0.29, 0.717) is 31.9 Å². The Morgan fingerprint density at radius 1 is 1.11 bits per heavy atom. The maximum Gasteiger partial charge on any atom is 0.337 e. The average molecular weight is 387 g/mol. The van der Waals surface area contributed by atoms with Crippen molar-refractivity contribution in [3.8, 4) is 0 Å². The summed E-state index contributed by atoms with van der Waals surface area (Å²) < 4.78 is 18.7. The Morgan fingerprint density at radius 3 is 2.43 bits per heavy atom. The van der Waals surface area contributed by atoms with E-state index in [4.69, 9.17) is 4.74 Å². The first-order chi connectivity index (χ1) is 13.5. The van der Waals surface area contributed by atoms with E-state index in [1.807, 2.05) is 9.80 Å². The SMILES string of the molecule is COCC(=O)Nc1ccc(N2CCN(c3ccccc3F)CC2)cc1C(=O)O. The molecule has 0 bridgehead atoms. The van der Waals surface area contributed by atoms with Crippen LogP contribution in [0, 0.1) is 5.82 Å². The highest BCUT2D eigenvalue weighted by Crippen LogP contribution is 2.26. The number of methoxy groups -OCH3 is 1. The minimum atomic E-state index is -1.13. The number of carboxylic acids is 1. The van der Waals surface area contributed by atoms with Crippen molar-refractivity contribution in [1.29, 1.82) is 0 Å². The van der Waals surface area contributed by atoms with Crippen molar-refractivity contribution >= 4 is 28.9 Å². The summed E-state index contributed by atoms with van der Waals surface area (Å²) in [5, 5.41) is 12.0. The summed E-state index contributed by atoms with van der Waals surface area (Å²) in [5.41, 5.74) is 1.56. The molecule has 0 aliphatic carbocycles. The minimum absolute atomic E-state index is 0.0125. The molecule has 0 radical (unpaired) electrons. The lowest BCUT2D eigenvalue weighted by molar-refractivity contribution is -0.119. The van der Waals surface area contributed by atoms with Crippen molar-refractivity contribution in [2.24, 2.45) is 0 Å². The molecule has 7 nitrogen and oxygen atoms in total. The van der Waals surface area contributed by atoms with Gasteiger partial charge < -0.3 is 25.0 Å². The van der Waals surface area contributed by atoms with Gasteiger partial charge in [0.05, 0.1) is 16.9 Å². The third-order valence-corrected chi connectivity index (χ3v) is 4.62. The number of para-hydroxylation sites is 1. The monoisotopic (exact) mass is 387 g/mol. The number of carboxylic acid groups (broad SMARTS) is 1. The van der Waals surface area contributed by atoms with Gasteiger partial charge in [-0.15, -0.1) is 0 Å².